The van der Waals surface area contributed by atoms with Crippen LogP contribution in [0.3, 0.4) is 0 Å². The first-order valence-electron chi connectivity index (χ1n) is 9.85. The molecule has 1 saturated carbocycles. The van der Waals surface area contributed by atoms with Crippen molar-refractivity contribution in [2.75, 3.05) is 0 Å². The number of aliphatic hydroxyl groups is 1. The van der Waals surface area contributed by atoms with Gasteiger partial charge in [-0.3, -0.25) is 0 Å². The molecular weight excluding hydrogens is 543 g/mol. The van der Waals surface area contributed by atoms with Crippen molar-refractivity contribution in [2.45, 2.75) is 46.3 Å². The molecule has 34 heavy (non-hydrogen) atoms. The molecule has 1 aliphatic rings. The fourth-order valence-electron chi connectivity index (χ4n) is 3.60. The van der Waals surface area contributed by atoms with Crippen LogP contribution in [0.1, 0.15) is 29.5 Å². The number of halogens is 5. The Morgan fingerprint density at radius 1 is 1.15 bits per heavy atom. The molecule has 3 aromatic rings. The highest BCUT2D eigenvalue weighted by atomic mass is 35.5. The molecule has 1 aliphatic carbocycles. The fraction of sp³-hybridized carbons (Fsp3) is 0.273. The molecule has 1 heterocycles. The normalized spacial score (nSPS) is 15.9. The zero-order valence-electron chi connectivity index (χ0n) is 17.2. The molecule has 1 N–H and O–H groups in total. The summed E-state index contributed by atoms with van der Waals surface area (Å²) in [6.45, 7) is -0.0456. The van der Waals surface area contributed by atoms with Gasteiger partial charge in [0.05, 0.1) is 31.9 Å². The van der Waals surface area contributed by atoms with Gasteiger partial charge in [0.1, 0.15) is 29.6 Å². The summed E-state index contributed by atoms with van der Waals surface area (Å²) in [5.41, 5.74) is -1.38. The molecule has 0 spiro atoms. The number of hydrogen-bond acceptors (Lipinski definition) is 6. The predicted molar refractivity (Wildman–Crippen MR) is 128 cm³/mol. The average molecular weight is 557 g/mol. The quantitative estimate of drug-likeness (QED) is 0.282. The molecule has 1 aromatic heterocycles. The zero-order valence-corrected chi connectivity index (χ0v) is 21.0. The number of aromatic nitrogens is 3. The van der Waals surface area contributed by atoms with Gasteiger partial charge in [0, 0.05) is 11.4 Å². The van der Waals surface area contributed by atoms with Crippen LogP contribution in [-0.4, -0.2) is 30.3 Å². The van der Waals surface area contributed by atoms with Crippen LogP contribution in [0.4, 0.5) is 4.39 Å². The third kappa shape index (κ3) is 4.47. The number of benzene rings is 2. The summed E-state index contributed by atoms with van der Waals surface area (Å²) in [6, 6.07) is 10.6. The lowest BCUT2D eigenvalue weighted by Crippen LogP contribution is -2.47. The number of nitrogens with zero attached hydrogens (tertiary/aromatic N) is 5. The van der Waals surface area contributed by atoms with Gasteiger partial charge in [0.15, 0.2) is 11.0 Å². The summed E-state index contributed by atoms with van der Waals surface area (Å²) in [4.78, 5) is 3.29. The minimum Gasteiger partial charge on any atom is -0.386 e. The first-order chi connectivity index (χ1) is 16.1. The van der Waals surface area contributed by atoms with Crippen LogP contribution < -0.4 is 0 Å². The molecule has 174 valence electrons. The second-order valence-corrected chi connectivity index (χ2v) is 10.7. The fourth-order valence-corrected chi connectivity index (χ4v) is 5.58. The standard InChI is InChI=1S/C22H14Cl4FN5OS/c23-15-4-2-1-3-12(15)7-22(33,21(26)5-6-21)10-32-20(30-11-31-32)34-19-14(9-29)16(24)13(8-28)18(27)17(19)25/h1-4,11,33H,5-7,10H2. The van der Waals surface area contributed by atoms with Gasteiger partial charge in [-0.15, -0.1) is 11.6 Å². The molecule has 0 saturated heterocycles. The SMILES string of the molecule is N#Cc1c(F)c(Cl)c(Sc2ncnn2CC(O)(Cc2ccccc2Cl)C2(Cl)CC2)c(C#N)c1Cl. The monoisotopic (exact) mass is 555 g/mol. The zero-order chi connectivity index (χ0) is 24.7. The van der Waals surface area contributed by atoms with E-state index in [0.717, 1.165) is 17.3 Å². The second kappa shape index (κ2) is 9.54. The highest BCUT2D eigenvalue weighted by molar-refractivity contribution is 7.99. The summed E-state index contributed by atoms with van der Waals surface area (Å²) >= 11 is 26.1. The van der Waals surface area contributed by atoms with E-state index in [1.807, 2.05) is 18.2 Å². The van der Waals surface area contributed by atoms with Crippen LogP contribution in [-0.2, 0) is 13.0 Å². The van der Waals surface area contributed by atoms with Crippen LogP contribution >= 0.6 is 58.2 Å². The summed E-state index contributed by atoms with van der Waals surface area (Å²) in [6.07, 6.45) is 2.64. The van der Waals surface area contributed by atoms with Crippen molar-refractivity contribution in [3.05, 3.63) is 68.2 Å². The minimum atomic E-state index is -1.43. The van der Waals surface area contributed by atoms with E-state index in [1.165, 1.54) is 11.0 Å². The maximum atomic E-state index is 14.6. The Morgan fingerprint density at radius 2 is 1.82 bits per heavy atom. The molecule has 6 nitrogen and oxygen atoms in total. The Bertz CT molecular complexity index is 1360. The van der Waals surface area contributed by atoms with Gasteiger partial charge in [0.25, 0.3) is 0 Å². The van der Waals surface area contributed by atoms with E-state index in [1.54, 1.807) is 18.2 Å². The Morgan fingerprint density at radius 3 is 2.44 bits per heavy atom. The lowest BCUT2D eigenvalue weighted by molar-refractivity contribution is 0.00526. The van der Waals surface area contributed by atoms with E-state index in [2.05, 4.69) is 10.1 Å². The van der Waals surface area contributed by atoms with Gasteiger partial charge in [-0.2, -0.15) is 15.6 Å². The van der Waals surface area contributed by atoms with Crippen LogP contribution in [0.15, 0.2) is 40.6 Å². The lowest BCUT2D eigenvalue weighted by atomic mass is 9.89. The Kier molecular flexibility index (Phi) is 7.04. The van der Waals surface area contributed by atoms with Crippen molar-refractivity contribution in [3.8, 4) is 12.1 Å². The van der Waals surface area contributed by atoms with Crippen LogP contribution in [0, 0.1) is 28.5 Å². The Labute approximate surface area is 218 Å². The van der Waals surface area contributed by atoms with Gasteiger partial charge in [0.2, 0.25) is 0 Å². The van der Waals surface area contributed by atoms with Crippen LogP contribution in [0.25, 0.3) is 0 Å². The number of rotatable bonds is 7. The van der Waals surface area contributed by atoms with E-state index in [4.69, 9.17) is 51.7 Å². The molecular formula is C22H14Cl4FN5OS. The Balaban J connectivity index is 1.71. The molecule has 0 radical (unpaired) electrons. The molecule has 2 aromatic carbocycles. The largest absolute Gasteiger partial charge is 0.386 e. The average Bonchev–Trinajstić information content (AvgIpc) is 3.43. The number of nitriles is 2. The molecule has 0 amide bonds. The van der Waals surface area contributed by atoms with Crippen LogP contribution in [0.5, 0.6) is 0 Å². The molecule has 12 heteroatoms. The smallest absolute Gasteiger partial charge is 0.191 e. The molecule has 0 bridgehead atoms. The van der Waals surface area contributed by atoms with E-state index in [0.29, 0.717) is 17.9 Å². The van der Waals surface area contributed by atoms with E-state index >= 15 is 0 Å². The summed E-state index contributed by atoms with van der Waals surface area (Å²) in [5, 5.41) is 34.6. The van der Waals surface area contributed by atoms with Gasteiger partial charge in [-0.05, 0) is 36.2 Å². The summed E-state index contributed by atoms with van der Waals surface area (Å²) in [7, 11) is 0. The van der Waals surface area contributed by atoms with Gasteiger partial charge >= 0.3 is 0 Å². The first kappa shape index (κ1) is 25.1. The minimum absolute atomic E-state index is 0.0124. The topological polar surface area (TPSA) is 98.5 Å². The maximum absolute atomic E-state index is 14.6. The van der Waals surface area contributed by atoms with E-state index < -0.39 is 26.9 Å². The van der Waals surface area contributed by atoms with Gasteiger partial charge in [-0.1, -0.05) is 53.0 Å². The van der Waals surface area contributed by atoms with Crippen LogP contribution in [0.2, 0.25) is 15.1 Å². The van der Waals surface area contributed by atoms with E-state index in [-0.39, 0.29) is 33.6 Å². The Hall–Kier alpha value is -2.04. The van der Waals surface area contributed by atoms with Crippen molar-refractivity contribution in [1.29, 1.82) is 10.5 Å². The van der Waals surface area contributed by atoms with Gasteiger partial charge in [-0.25, -0.2) is 14.1 Å². The summed E-state index contributed by atoms with van der Waals surface area (Å²) < 4.78 is 16.0. The third-order valence-electron chi connectivity index (χ3n) is 5.65. The molecule has 0 aliphatic heterocycles. The van der Waals surface area contributed by atoms with Crippen molar-refractivity contribution in [1.82, 2.24) is 14.8 Å². The van der Waals surface area contributed by atoms with Gasteiger partial charge < -0.3 is 5.11 Å². The second-order valence-electron chi connectivity index (χ2n) is 7.81. The molecule has 1 fully saturated rings. The van der Waals surface area contributed by atoms with Crippen molar-refractivity contribution < 1.29 is 9.50 Å². The van der Waals surface area contributed by atoms with Crippen molar-refractivity contribution in [2.24, 2.45) is 0 Å². The highest BCUT2D eigenvalue weighted by Gasteiger charge is 2.58. The predicted octanol–water partition coefficient (Wildman–Crippen LogP) is 6.02. The molecule has 1 unspecified atom stereocenters. The third-order valence-corrected chi connectivity index (χ3v) is 8.70. The number of alkyl halides is 1. The molecule has 4 rings (SSSR count). The lowest BCUT2D eigenvalue weighted by Gasteiger charge is -2.33. The maximum Gasteiger partial charge on any atom is 0.191 e. The highest BCUT2D eigenvalue weighted by Crippen LogP contribution is 2.53. The first-order valence-corrected chi connectivity index (χ1v) is 12.2. The van der Waals surface area contributed by atoms with Crippen molar-refractivity contribution >= 4 is 58.2 Å². The number of hydrogen-bond donors (Lipinski definition) is 1. The van der Waals surface area contributed by atoms with E-state index in [9.17, 15) is 14.8 Å². The summed E-state index contributed by atoms with van der Waals surface area (Å²) in [5.74, 6) is -1.03. The van der Waals surface area contributed by atoms with Crippen molar-refractivity contribution in [3.63, 3.8) is 0 Å². The molecule has 1 atom stereocenters.